The molecule has 2 rings (SSSR count). The van der Waals surface area contributed by atoms with Crippen molar-refractivity contribution in [1.82, 2.24) is 20.5 Å². The summed E-state index contributed by atoms with van der Waals surface area (Å²) < 4.78 is 0. The third kappa shape index (κ3) is 5.73. The minimum atomic E-state index is 0.00452. The van der Waals surface area contributed by atoms with Crippen LogP contribution in [0.15, 0.2) is 35.5 Å². The van der Waals surface area contributed by atoms with Crippen LogP contribution in [0.1, 0.15) is 25.2 Å². The highest BCUT2D eigenvalue weighted by Gasteiger charge is 2.07. The number of amides is 1. The second-order valence-corrected chi connectivity index (χ2v) is 6.18. The zero-order valence-corrected chi connectivity index (χ0v) is 13.6. The molecule has 0 saturated carbocycles. The van der Waals surface area contributed by atoms with Crippen molar-refractivity contribution in [2.75, 3.05) is 12.3 Å². The Balaban J connectivity index is 1.81. The number of hydrogen-bond donors (Lipinski definition) is 2. The molecular formula is C16H20N4OS. The number of rotatable bonds is 7. The van der Waals surface area contributed by atoms with Crippen LogP contribution in [0.25, 0.3) is 12.2 Å². The molecule has 1 aromatic carbocycles. The third-order valence-corrected chi connectivity index (χ3v) is 3.60. The Labute approximate surface area is 134 Å². The molecule has 0 aliphatic carbocycles. The molecule has 1 heterocycles. The van der Waals surface area contributed by atoms with Crippen molar-refractivity contribution in [1.29, 1.82) is 0 Å². The Kier molecular flexibility index (Phi) is 6.21. The average Bonchev–Trinajstić information content (AvgIpc) is 2.98. The van der Waals surface area contributed by atoms with Crippen LogP contribution in [0, 0.1) is 5.92 Å². The lowest BCUT2D eigenvalue weighted by molar-refractivity contribution is -0.118. The summed E-state index contributed by atoms with van der Waals surface area (Å²) >= 11 is 1.32. The summed E-state index contributed by atoms with van der Waals surface area (Å²) in [7, 11) is 0. The molecule has 6 heteroatoms. The smallest absolute Gasteiger partial charge is 0.230 e. The van der Waals surface area contributed by atoms with Gasteiger partial charge in [0.2, 0.25) is 11.1 Å². The van der Waals surface area contributed by atoms with Gasteiger partial charge < -0.3 is 5.32 Å². The van der Waals surface area contributed by atoms with E-state index >= 15 is 0 Å². The van der Waals surface area contributed by atoms with Crippen molar-refractivity contribution in [3.8, 4) is 0 Å². The molecule has 1 amide bonds. The Hall–Kier alpha value is -2.08. The van der Waals surface area contributed by atoms with Crippen LogP contribution >= 0.6 is 11.8 Å². The first kappa shape index (κ1) is 16.3. The second kappa shape index (κ2) is 8.38. The summed E-state index contributed by atoms with van der Waals surface area (Å²) in [6.45, 7) is 4.82. The predicted octanol–water partition coefficient (Wildman–Crippen LogP) is 2.84. The maximum atomic E-state index is 11.6. The molecular weight excluding hydrogens is 296 g/mol. The lowest BCUT2D eigenvalue weighted by Crippen LogP contribution is -2.28. The lowest BCUT2D eigenvalue weighted by atomic mass is 10.2. The fourth-order valence-electron chi connectivity index (χ4n) is 1.64. The SMILES string of the molecule is CC(C)CNC(=O)CSc1n[nH]c(/C=C/c2ccccc2)n1. The van der Waals surface area contributed by atoms with Crippen molar-refractivity contribution >= 4 is 29.8 Å². The fourth-order valence-corrected chi connectivity index (χ4v) is 2.27. The average molecular weight is 316 g/mol. The van der Waals surface area contributed by atoms with Gasteiger partial charge in [0.15, 0.2) is 0 Å². The first-order valence-corrected chi connectivity index (χ1v) is 8.17. The van der Waals surface area contributed by atoms with Crippen LogP contribution in [0.5, 0.6) is 0 Å². The molecule has 116 valence electrons. The number of nitrogens with zero attached hydrogens (tertiary/aromatic N) is 2. The number of benzene rings is 1. The molecule has 0 atom stereocenters. The summed E-state index contributed by atoms with van der Waals surface area (Å²) in [6.07, 6.45) is 3.83. The molecule has 0 saturated heterocycles. The highest BCUT2D eigenvalue weighted by Crippen LogP contribution is 2.13. The van der Waals surface area contributed by atoms with Gasteiger partial charge >= 0.3 is 0 Å². The number of thioether (sulfide) groups is 1. The van der Waals surface area contributed by atoms with E-state index < -0.39 is 0 Å². The van der Waals surface area contributed by atoms with E-state index in [0.717, 1.165) is 5.56 Å². The first-order chi connectivity index (χ1) is 10.6. The third-order valence-electron chi connectivity index (χ3n) is 2.76. The molecule has 0 unspecified atom stereocenters. The summed E-state index contributed by atoms with van der Waals surface area (Å²) in [5, 5.41) is 10.4. The summed E-state index contributed by atoms with van der Waals surface area (Å²) in [5.41, 5.74) is 1.10. The Bertz CT molecular complexity index is 622. The van der Waals surface area contributed by atoms with Gasteiger partial charge in [-0.3, -0.25) is 9.89 Å². The first-order valence-electron chi connectivity index (χ1n) is 7.18. The van der Waals surface area contributed by atoms with E-state index in [1.54, 1.807) is 0 Å². The van der Waals surface area contributed by atoms with E-state index in [1.807, 2.05) is 42.5 Å². The molecule has 0 aliphatic heterocycles. The van der Waals surface area contributed by atoms with Crippen LogP contribution in [0.2, 0.25) is 0 Å². The molecule has 2 N–H and O–H groups in total. The number of H-pyrrole nitrogens is 1. The van der Waals surface area contributed by atoms with Gasteiger partial charge in [0.05, 0.1) is 5.75 Å². The van der Waals surface area contributed by atoms with E-state index in [9.17, 15) is 4.79 Å². The maximum Gasteiger partial charge on any atom is 0.230 e. The maximum absolute atomic E-state index is 11.6. The number of aromatic amines is 1. The fraction of sp³-hybridized carbons (Fsp3) is 0.312. The van der Waals surface area contributed by atoms with Crippen molar-refractivity contribution < 1.29 is 4.79 Å². The standard InChI is InChI=1S/C16H20N4OS/c1-12(2)10-17-15(21)11-22-16-18-14(19-20-16)9-8-13-6-4-3-5-7-13/h3-9,12H,10-11H2,1-2H3,(H,17,21)(H,18,19,20)/b9-8+. The zero-order chi connectivity index (χ0) is 15.8. The van der Waals surface area contributed by atoms with E-state index in [4.69, 9.17) is 0 Å². The Morgan fingerprint density at radius 1 is 1.32 bits per heavy atom. The van der Waals surface area contributed by atoms with Gasteiger partial charge in [0.25, 0.3) is 0 Å². The largest absolute Gasteiger partial charge is 0.355 e. The quantitative estimate of drug-likeness (QED) is 0.771. The minimum Gasteiger partial charge on any atom is -0.355 e. The Morgan fingerprint density at radius 3 is 2.82 bits per heavy atom. The minimum absolute atomic E-state index is 0.00452. The number of aromatic nitrogens is 3. The van der Waals surface area contributed by atoms with Gasteiger partial charge in [0.1, 0.15) is 5.82 Å². The predicted molar refractivity (Wildman–Crippen MR) is 90.3 cm³/mol. The summed E-state index contributed by atoms with van der Waals surface area (Å²) in [6, 6.07) is 9.97. The van der Waals surface area contributed by atoms with Crippen LogP contribution in [0.4, 0.5) is 0 Å². The van der Waals surface area contributed by atoms with Crippen molar-refractivity contribution in [3.63, 3.8) is 0 Å². The van der Waals surface area contributed by atoms with E-state index in [2.05, 4.69) is 34.3 Å². The van der Waals surface area contributed by atoms with E-state index in [0.29, 0.717) is 29.2 Å². The molecule has 1 aromatic heterocycles. The van der Waals surface area contributed by atoms with Gasteiger partial charge in [0, 0.05) is 6.54 Å². The highest BCUT2D eigenvalue weighted by atomic mass is 32.2. The number of hydrogen-bond acceptors (Lipinski definition) is 4. The van der Waals surface area contributed by atoms with Crippen LogP contribution in [0.3, 0.4) is 0 Å². The van der Waals surface area contributed by atoms with Crippen molar-refractivity contribution in [2.45, 2.75) is 19.0 Å². The van der Waals surface area contributed by atoms with Gasteiger partial charge in [-0.15, -0.1) is 5.10 Å². The molecule has 0 spiro atoms. The molecule has 0 radical (unpaired) electrons. The Morgan fingerprint density at radius 2 is 2.09 bits per heavy atom. The molecule has 0 bridgehead atoms. The van der Waals surface area contributed by atoms with Crippen LogP contribution in [-0.4, -0.2) is 33.4 Å². The molecule has 0 fully saturated rings. The molecule has 2 aromatic rings. The van der Waals surface area contributed by atoms with Crippen LogP contribution < -0.4 is 5.32 Å². The van der Waals surface area contributed by atoms with E-state index in [1.165, 1.54) is 11.8 Å². The normalized spacial score (nSPS) is 11.2. The summed E-state index contributed by atoms with van der Waals surface area (Å²) in [4.78, 5) is 15.9. The van der Waals surface area contributed by atoms with Gasteiger partial charge in [-0.1, -0.05) is 62.0 Å². The molecule has 22 heavy (non-hydrogen) atoms. The van der Waals surface area contributed by atoms with Gasteiger partial charge in [-0.05, 0) is 17.6 Å². The number of carbonyl (C=O) groups excluding carboxylic acids is 1. The lowest BCUT2D eigenvalue weighted by Gasteiger charge is -2.05. The topological polar surface area (TPSA) is 70.7 Å². The number of nitrogens with one attached hydrogen (secondary N) is 2. The number of carbonyl (C=O) groups is 1. The van der Waals surface area contributed by atoms with Gasteiger partial charge in [-0.2, -0.15) is 0 Å². The van der Waals surface area contributed by atoms with Crippen molar-refractivity contribution in [3.05, 3.63) is 41.7 Å². The highest BCUT2D eigenvalue weighted by molar-refractivity contribution is 7.99. The summed E-state index contributed by atoms with van der Waals surface area (Å²) in [5.74, 6) is 1.46. The van der Waals surface area contributed by atoms with Gasteiger partial charge in [-0.25, -0.2) is 4.98 Å². The second-order valence-electron chi connectivity index (χ2n) is 5.23. The van der Waals surface area contributed by atoms with Crippen LogP contribution in [-0.2, 0) is 4.79 Å². The monoisotopic (exact) mass is 316 g/mol. The van der Waals surface area contributed by atoms with E-state index in [-0.39, 0.29) is 5.91 Å². The molecule has 5 nitrogen and oxygen atoms in total. The van der Waals surface area contributed by atoms with Crippen molar-refractivity contribution in [2.24, 2.45) is 5.92 Å². The molecule has 0 aliphatic rings. The zero-order valence-electron chi connectivity index (χ0n) is 12.7.